The molecule has 1 aliphatic rings. The molecule has 1 saturated carbocycles. The van der Waals surface area contributed by atoms with E-state index in [0.717, 1.165) is 6.42 Å². The number of carbonyl (C=O) groups is 2. The number of hydrogen-bond acceptors (Lipinski definition) is 2. The van der Waals surface area contributed by atoms with Crippen molar-refractivity contribution in [1.29, 1.82) is 0 Å². The van der Waals surface area contributed by atoms with Gasteiger partial charge >= 0.3 is 0 Å². The number of benzene rings is 1. The average molecular weight is 288 g/mol. The maximum atomic E-state index is 12.1. The van der Waals surface area contributed by atoms with Gasteiger partial charge in [-0.1, -0.05) is 44.2 Å². The summed E-state index contributed by atoms with van der Waals surface area (Å²) in [6.07, 6.45) is 7.99. The minimum atomic E-state index is -0.140. The first kappa shape index (κ1) is 15.5. The minimum Gasteiger partial charge on any atom is -0.325 e. The number of anilines is 2. The van der Waals surface area contributed by atoms with Crippen molar-refractivity contribution >= 4 is 23.2 Å². The van der Waals surface area contributed by atoms with Crippen LogP contribution in [0.2, 0.25) is 0 Å². The SMILES string of the molecule is CC(=O)Nc1ccccc1NC(=O)CCC1CCCCC1. The number of hydrogen-bond donors (Lipinski definition) is 2. The van der Waals surface area contributed by atoms with E-state index < -0.39 is 0 Å². The van der Waals surface area contributed by atoms with Crippen LogP contribution in [0.5, 0.6) is 0 Å². The summed E-state index contributed by atoms with van der Waals surface area (Å²) in [7, 11) is 0. The molecule has 0 bridgehead atoms. The number of carbonyl (C=O) groups excluding carboxylic acids is 2. The molecular formula is C17H24N2O2. The molecule has 0 heterocycles. The molecule has 0 radical (unpaired) electrons. The standard InChI is InChI=1S/C17H24N2O2/c1-13(20)18-15-9-5-6-10-16(15)19-17(21)12-11-14-7-3-2-4-8-14/h5-6,9-10,14H,2-4,7-8,11-12H2,1H3,(H,18,20)(H,19,21). The molecule has 2 amide bonds. The lowest BCUT2D eigenvalue weighted by molar-refractivity contribution is -0.116. The van der Waals surface area contributed by atoms with E-state index in [1.165, 1.54) is 39.0 Å². The summed E-state index contributed by atoms with van der Waals surface area (Å²) in [4.78, 5) is 23.2. The zero-order valence-electron chi connectivity index (χ0n) is 12.7. The first-order chi connectivity index (χ1) is 10.1. The highest BCUT2D eigenvalue weighted by Gasteiger charge is 2.15. The molecule has 0 aliphatic heterocycles. The van der Waals surface area contributed by atoms with Gasteiger partial charge in [-0.15, -0.1) is 0 Å². The van der Waals surface area contributed by atoms with Crippen molar-refractivity contribution in [2.45, 2.75) is 51.9 Å². The molecule has 1 aliphatic carbocycles. The van der Waals surface area contributed by atoms with Crippen LogP contribution in [-0.2, 0) is 9.59 Å². The second-order valence-corrected chi connectivity index (χ2v) is 5.82. The maximum absolute atomic E-state index is 12.1. The third-order valence-corrected chi connectivity index (χ3v) is 4.02. The molecule has 2 N–H and O–H groups in total. The van der Waals surface area contributed by atoms with Crippen molar-refractivity contribution in [1.82, 2.24) is 0 Å². The van der Waals surface area contributed by atoms with Crippen molar-refractivity contribution in [3.8, 4) is 0 Å². The number of para-hydroxylation sites is 2. The molecule has 114 valence electrons. The van der Waals surface area contributed by atoms with Crippen molar-refractivity contribution in [2.75, 3.05) is 10.6 Å². The van der Waals surface area contributed by atoms with Crippen molar-refractivity contribution < 1.29 is 9.59 Å². The number of nitrogens with one attached hydrogen (secondary N) is 2. The highest BCUT2D eigenvalue weighted by molar-refractivity contribution is 5.98. The molecular weight excluding hydrogens is 264 g/mol. The molecule has 21 heavy (non-hydrogen) atoms. The normalized spacial score (nSPS) is 15.5. The minimum absolute atomic E-state index is 0.0263. The molecule has 0 saturated heterocycles. The molecule has 4 nitrogen and oxygen atoms in total. The van der Waals surface area contributed by atoms with Crippen LogP contribution in [0.15, 0.2) is 24.3 Å². The second kappa shape index (κ2) is 7.81. The van der Waals surface area contributed by atoms with E-state index >= 15 is 0 Å². The van der Waals surface area contributed by atoms with Gasteiger partial charge in [0.05, 0.1) is 11.4 Å². The fraction of sp³-hybridized carbons (Fsp3) is 0.529. The second-order valence-electron chi connectivity index (χ2n) is 5.82. The van der Waals surface area contributed by atoms with E-state index in [4.69, 9.17) is 0 Å². The van der Waals surface area contributed by atoms with E-state index in [-0.39, 0.29) is 11.8 Å². The smallest absolute Gasteiger partial charge is 0.224 e. The van der Waals surface area contributed by atoms with Crippen LogP contribution in [-0.4, -0.2) is 11.8 Å². The largest absolute Gasteiger partial charge is 0.325 e. The molecule has 4 heteroatoms. The lowest BCUT2D eigenvalue weighted by atomic mass is 9.86. The summed E-state index contributed by atoms with van der Waals surface area (Å²) in [6, 6.07) is 7.28. The quantitative estimate of drug-likeness (QED) is 0.862. The lowest BCUT2D eigenvalue weighted by Crippen LogP contribution is -2.16. The third-order valence-electron chi connectivity index (χ3n) is 4.02. The summed E-state index contributed by atoms with van der Waals surface area (Å²) < 4.78 is 0. The summed E-state index contributed by atoms with van der Waals surface area (Å²) in [5.41, 5.74) is 1.32. The molecule has 1 fully saturated rings. The highest BCUT2D eigenvalue weighted by Crippen LogP contribution is 2.28. The zero-order chi connectivity index (χ0) is 15.1. The van der Waals surface area contributed by atoms with Crippen molar-refractivity contribution in [3.05, 3.63) is 24.3 Å². The molecule has 0 unspecified atom stereocenters. The van der Waals surface area contributed by atoms with Gasteiger partial charge in [0.25, 0.3) is 0 Å². The highest BCUT2D eigenvalue weighted by atomic mass is 16.2. The fourth-order valence-corrected chi connectivity index (χ4v) is 2.91. The van der Waals surface area contributed by atoms with E-state index in [1.54, 1.807) is 6.07 Å². The number of rotatable bonds is 5. The van der Waals surface area contributed by atoms with Crippen LogP contribution in [0.25, 0.3) is 0 Å². The van der Waals surface area contributed by atoms with E-state index in [2.05, 4.69) is 10.6 Å². The summed E-state index contributed by atoms with van der Waals surface area (Å²) in [5, 5.41) is 5.63. The fourth-order valence-electron chi connectivity index (χ4n) is 2.91. The lowest BCUT2D eigenvalue weighted by Gasteiger charge is -2.21. The monoisotopic (exact) mass is 288 g/mol. The van der Waals surface area contributed by atoms with E-state index in [0.29, 0.717) is 23.7 Å². The summed E-state index contributed by atoms with van der Waals surface area (Å²) in [5.74, 6) is 0.590. The van der Waals surface area contributed by atoms with Crippen LogP contribution in [0.4, 0.5) is 11.4 Å². The van der Waals surface area contributed by atoms with Gasteiger partial charge in [-0.2, -0.15) is 0 Å². The Morgan fingerprint density at radius 3 is 2.29 bits per heavy atom. The molecule has 1 aromatic rings. The van der Waals surface area contributed by atoms with Crippen LogP contribution in [0.1, 0.15) is 51.9 Å². The van der Waals surface area contributed by atoms with Gasteiger partial charge in [-0.05, 0) is 24.5 Å². The Balaban J connectivity index is 1.85. The van der Waals surface area contributed by atoms with Crippen molar-refractivity contribution in [2.24, 2.45) is 5.92 Å². The number of amides is 2. The van der Waals surface area contributed by atoms with Crippen LogP contribution in [0.3, 0.4) is 0 Å². The van der Waals surface area contributed by atoms with Crippen LogP contribution < -0.4 is 10.6 Å². The van der Waals surface area contributed by atoms with Gasteiger partial charge in [0.1, 0.15) is 0 Å². The van der Waals surface area contributed by atoms with Gasteiger partial charge in [0.2, 0.25) is 11.8 Å². The Kier molecular flexibility index (Phi) is 5.78. The van der Waals surface area contributed by atoms with Gasteiger partial charge in [0.15, 0.2) is 0 Å². The molecule has 0 spiro atoms. The Morgan fingerprint density at radius 1 is 1.05 bits per heavy atom. The Labute approximate surface area is 126 Å². The zero-order valence-corrected chi connectivity index (χ0v) is 12.7. The average Bonchev–Trinajstić information content (AvgIpc) is 2.48. The maximum Gasteiger partial charge on any atom is 0.224 e. The van der Waals surface area contributed by atoms with E-state index in [1.807, 2.05) is 18.2 Å². The first-order valence-electron chi connectivity index (χ1n) is 7.81. The van der Waals surface area contributed by atoms with Crippen LogP contribution in [0, 0.1) is 5.92 Å². The topological polar surface area (TPSA) is 58.2 Å². The first-order valence-corrected chi connectivity index (χ1v) is 7.81. The Morgan fingerprint density at radius 2 is 1.67 bits per heavy atom. The summed E-state index contributed by atoms with van der Waals surface area (Å²) >= 11 is 0. The molecule has 0 atom stereocenters. The summed E-state index contributed by atoms with van der Waals surface area (Å²) in [6.45, 7) is 1.46. The predicted molar refractivity (Wildman–Crippen MR) is 85.2 cm³/mol. The predicted octanol–water partition coefficient (Wildman–Crippen LogP) is 3.94. The van der Waals surface area contributed by atoms with E-state index in [9.17, 15) is 9.59 Å². The third kappa shape index (κ3) is 5.21. The van der Waals surface area contributed by atoms with Crippen molar-refractivity contribution in [3.63, 3.8) is 0 Å². The van der Waals surface area contributed by atoms with Gasteiger partial charge in [0, 0.05) is 13.3 Å². The van der Waals surface area contributed by atoms with Gasteiger partial charge in [-0.3, -0.25) is 9.59 Å². The molecule has 1 aromatic carbocycles. The Hall–Kier alpha value is -1.84. The molecule has 0 aromatic heterocycles. The van der Waals surface area contributed by atoms with Crippen LogP contribution >= 0.6 is 0 Å². The van der Waals surface area contributed by atoms with Gasteiger partial charge in [-0.25, -0.2) is 0 Å². The van der Waals surface area contributed by atoms with Gasteiger partial charge < -0.3 is 10.6 Å². The Bertz CT molecular complexity index is 493. The molecule has 2 rings (SSSR count).